The van der Waals surface area contributed by atoms with Crippen LogP contribution in [-0.4, -0.2) is 70.5 Å². The summed E-state index contributed by atoms with van der Waals surface area (Å²) in [5.41, 5.74) is 6.07. The molecule has 3 N–H and O–H groups in total. The molecule has 1 unspecified atom stereocenters. The maximum absolute atomic E-state index is 12.8. The summed E-state index contributed by atoms with van der Waals surface area (Å²) in [6.07, 6.45) is 5.43. The third-order valence-electron chi connectivity index (χ3n) is 5.70. The fourth-order valence-electron chi connectivity index (χ4n) is 4.05. The van der Waals surface area contributed by atoms with Crippen LogP contribution in [0.4, 0.5) is 0 Å². The molecule has 0 bridgehead atoms. The number of carbonyl (C=O) groups excluding carboxylic acids is 2. The molecule has 0 aromatic heterocycles. The van der Waals surface area contributed by atoms with Crippen molar-refractivity contribution >= 4 is 23.6 Å². The van der Waals surface area contributed by atoms with Crippen LogP contribution in [0, 0.1) is 5.92 Å². The minimum atomic E-state index is -0.438. The van der Waals surface area contributed by atoms with Crippen LogP contribution in [0.3, 0.4) is 0 Å². The summed E-state index contributed by atoms with van der Waals surface area (Å²) in [5, 5.41) is 3.59. The van der Waals surface area contributed by atoms with Crippen LogP contribution in [0.5, 0.6) is 0 Å². The van der Waals surface area contributed by atoms with E-state index in [0.717, 1.165) is 51.1 Å². The van der Waals surface area contributed by atoms with Crippen LogP contribution < -0.4 is 11.1 Å². The highest BCUT2D eigenvalue weighted by Gasteiger charge is 2.46. The lowest BCUT2D eigenvalue weighted by molar-refractivity contribution is -0.135. The lowest BCUT2D eigenvalue weighted by atomic mass is 9.99. The maximum Gasteiger partial charge on any atom is 0.240 e. The molecule has 0 saturated carbocycles. The number of piperidine rings is 2. The van der Waals surface area contributed by atoms with Crippen molar-refractivity contribution in [3.05, 3.63) is 0 Å². The van der Waals surface area contributed by atoms with Gasteiger partial charge in [-0.3, -0.25) is 14.9 Å². The smallest absolute Gasteiger partial charge is 0.240 e. The number of rotatable bonds is 3. The molecule has 3 aliphatic rings. The van der Waals surface area contributed by atoms with Crippen molar-refractivity contribution in [2.45, 2.75) is 62.9 Å². The average molecular weight is 369 g/mol. The predicted octanol–water partition coefficient (Wildman–Crippen LogP) is 1.01. The molecule has 3 heterocycles. The van der Waals surface area contributed by atoms with E-state index in [2.05, 4.69) is 5.32 Å². The van der Waals surface area contributed by atoms with Crippen molar-refractivity contribution in [1.29, 1.82) is 0 Å². The quantitative estimate of drug-likeness (QED) is 0.777. The second-order valence-corrected chi connectivity index (χ2v) is 9.42. The van der Waals surface area contributed by atoms with Gasteiger partial charge in [0.25, 0.3) is 0 Å². The van der Waals surface area contributed by atoms with Gasteiger partial charge < -0.3 is 15.5 Å². The van der Waals surface area contributed by atoms with Gasteiger partial charge in [-0.1, -0.05) is 13.8 Å². The highest BCUT2D eigenvalue weighted by Crippen LogP contribution is 2.38. The molecule has 25 heavy (non-hydrogen) atoms. The zero-order valence-corrected chi connectivity index (χ0v) is 16.3. The Morgan fingerprint density at radius 1 is 1.12 bits per heavy atom. The van der Waals surface area contributed by atoms with E-state index in [0.29, 0.717) is 6.54 Å². The second kappa shape index (κ2) is 7.84. The fourth-order valence-corrected chi connectivity index (χ4v) is 5.53. The molecular weight excluding hydrogens is 336 g/mol. The van der Waals surface area contributed by atoms with Gasteiger partial charge in [-0.25, -0.2) is 0 Å². The highest BCUT2D eigenvalue weighted by molar-refractivity contribution is 8.01. The summed E-state index contributed by atoms with van der Waals surface area (Å²) in [7, 11) is 0. The molecule has 0 aliphatic carbocycles. The van der Waals surface area contributed by atoms with Crippen LogP contribution in [0.2, 0.25) is 0 Å². The third-order valence-corrected chi connectivity index (χ3v) is 7.20. The first-order valence-corrected chi connectivity index (χ1v) is 10.7. The number of nitrogens with zero attached hydrogens (tertiary/aromatic N) is 2. The molecule has 0 aromatic rings. The Bertz CT molecular complexity index is 509. The predicted molar refractivity (Wildman–Crippen MR) is 101 cm³/mol. The van der Waals surface area contributed by atoms with E-state index in [9.17, 15) is 9.59 Å². The van der Waals surface area contributed by atoms with E-state index in [4.69, 9.17) is 5.73 Å². The van der Waals surface area contributed by atoms with Crippen molar-refractivity contribution in [1.82, 2.24) is 15.1 Å². The maximum atomic E-state index is 12.8. The number of hydrogen-bond donors (Lipinski definition) is 2. The number of likely N-dealkylation sites (tertiary alicyclic amines) is 2. The molecule has 142 valence electrons. The molecule has 3 fully saturated rings. The van der Waals surface area contributed by atoms with E-state index in [1.54, 1.807) is 0 Å². The Labute approximate surface area is 155 Å². The van der Waals surface area contributed by atoms with Gasteiger partial charge in [-0.15, -0.1) is 11.8 Å². The summed E-state index contributed by atoms with van der Waals surface area (Å²) in [6.45, 7) is 7.18. The molecule has 3 aliphatic heterocycles. The lowest BCUT2D eigenvalue weighted by Crippen LogP contribution is -2.60. The summed E-state index contributed by atoms with van der Waals surface area (Å²) in [4.78, 5) is 29.2. The van der Waals surface area contributed by atoms with Crippen LogP contribution in [-0.2, 0) is 9.59 Å². The number of amides is 2. The van der Waals surface area contributed by atoms with Crippen molar-refractivity contribution < 1.29 is 9.59 Å². The van der Waals surface area contributed by atoms with Crippen LogP contribution in [0.1, 0.15) is 46.0 Å². The number of nitrogens with one attached hydrogen (secondary N) is 1. The summed E-state index contributed by atoms with van der Waals surface area (Å²) in [6, 6.07) is -0.552. The monoisotopic (exact) mass is 368 g/mol. The van der Waals surface area contributed by atoms with Gasteiger partial charge >= 0.3 is 0 Å². The van der Waals surface area contributed by atoms with Gasteiger partial charge in [-0.05, 0) is 38.0 Å². The first kappa shape index (κ1) is 19.0. The van der Waals surface area contributed by atoms with E-state index in [1.165, 1.54) is 6.42 Å². The average Bonchev–Trinajstić information content (AvgIpc) is 3.03. The molecule has 6 nitrogen and oxygen atoms in total. The minimum Gasteiger partial charge on any atom is -0.341 e. The van der Waals surface area contributed by atoms with Crippen LogP contribution in [0.25, 0.3) is 0 Å². The van der Waals surface area contributed by atoms with Crippen molar-refractivity contribution in [3.63, 3.8) is 0 Å². The number of thioether (sulfide) groups is 1. The van der Waals surface area contributed by atoms with E-state index >= 15 is 0 Å². The molecule has 0 aromatic carbocycles. The Morgan fingerprint density at radius 2 is 1.80 bits per heavy atom. The Balaban J connectivity index is 1.61. The van der Waals surface area contributed by atoms with Crippen molar-refractivity contribution in [2.75, 3.05) is 31.9 Å². The Hall–Kier alpha value is -0.790. The molecule has 1 spiro atoms. The standard InChI is InChI=1S/C18H32N4O2S/c1-13(2)15(19)17(24)22-10-6-7-18(12-22)20-14(11-25-18)16(23)21-8-4-3-5-9-21/h13-15,20H,3-12,19H2,1-2H3/t14-,15-,18?/m0/s1. The number of carbonyl (C=O) groups is 2. The van der Waals surface area contributed by atoms with Crippen LogP contribution in [0.15, 0.2) is 0 Å². The summed E-state index contributed by atoms with van der Waals surface area (Å²) in [5.74, 6) is 1.23. The van der Waals surface area contributed by atoms with Gasteiger partial charge in [0.1, 0.15) is 0 Å². The minimum absolute atomic E-state index is 0.0438. The Morgan fingerprint density at radius 3 is 2.48 bits per heavy atom. The first-order chi connectivity index (χ1) is 11.9. The zero-order chi connectivity index (χ0) is 18.0. The lowest BCUT2D eigenvalue weighted by Gasteiger charge is -2.41. The van der Waals surface area contributed by atoms with Crippen molar-refractivity contribution in [2.24, 2.45) is 11.7 Å². The molecule has 3 atom stereocenters. The van der Waals surface area contributed by atoms with E-state index in [-0.39, 0.29) is 28.6 Å². The molecular formula is C18H32N4O2S. The fraction of sp³-hybridized carbons (Fsp3) is 0.889. The molecule has 3 saturated heterocycles. The molecule has 7 heteroatoms. The number of hydrogen-bond acceptors (Lipinski definition) is 5. The normalized spacial score (nSPS) is 31.6. The van der Waals surface area contributed by atoms with Gasteiger partial charge in [0.2, 0.25) is 11.8 Å². The second-order valence-electron chi connectivity index (χ2n) is 8.02. The zero-order valence-electron chi connectivity index (χ0n) is 15.5. The SMILES string of the molecule is CC(C)[C@H](N)C(=O)N1CCCC2(C1)N[C@H](C(=O)N1CCCCC1)CS2. The summed E-state index contributed by atoms with van der Waals surface area (Å²) >= 11 is 1.81. The summed E-state index contributed by atoms with van der Waals surface area (Å²) < 4.78 is 0. The van der Waals surface area contributed by atoms with Crippen molar-refractivity contribution in [3.8, 4) is 0 Å². The number of nitrogens with two attached hydrogens (primary N) is 1. The molecule has 0 radical (unpaired) electrons. The highest BCUT2D eigenvalue weighted by atomic mass is 32.2. The van der Waals surface area contributed by atoms with Crippen LogP contribution >= 0.6 is 11.8 Å². The first-order valence-electron chi connectivity index (χ1n) is 9.67. The molecule has 3 rings (SSSR count). The van der Waals surface area contributed by atoms with Gasteiger partial charge in [0.05, 0.1) is 17.0 Å². The Kier molecular flexibility index (Phi) is 5.96. The largest absolute Gasteiger partial charge is 0.341 e. The van der Waals surface area contributed by atoms with E-state index < -0.39 is 6.04 Å². The van der Waals surface area contributed by atoms with Gasteiger partial charge in [0, 0.05) is 31.9 Å². The third kappa shape index (κ3) is 4.14. The van der Waals surface area contributed by atoms with Gasteiger partial charge in [0.15, 0.2) is 0 Å². The molecule has 2 amide bonds. The van der Waals surface area contributed by atoms with Gasteiger partial charge in [-0.2, -0.15) is 0 Å². The topological polar surface area (TPSA) is 78.7 Å². The van der Waals surface area contributed by atoms with E-state index in [1.807, 2.05) is 35.4 Å².